The SMILES string of the molecule is COc1cc(-c2ccc(Cl)nn2)ccn1. The van der Waals surface area contributed by atoms with Gasteiger partial charge in [0.2, 0.25) is 5.88 Å². The average Bonchev–Trinajstić information content (AvgIpc) is 2.30. The number of methoxy groups -OCH3 is 1. The molecule has 2 aromatic rings. The van der Waals surface area contributed by atoms with Gasteiger partial charge >= 0.3 is 0 Å². The van der Waals surface area contributed by atoms with Crippen LogP contribution in [0.15, 0.2) is 30.5 Å². The molecule has 0 saturated carbocycles. The van der Waals surface area contributed by atoms with Crippen molar-refractivity contribution in [1.29, 1.82) is 0 Å². The van der Waals surface area contributed by atoms with Crippen molar-refractivity contribution in [2.75, 3.05) is 7.11 Å². The predicted molar refractivity (Wildman–Crippen MR) is 56.8 cm³/mol. The molecule has 0 aliphatic heterocycles. The Labute approximate surface area is 91.9 Å². The molecule has 15 heavy (non-hydrogen) atoms. The van der Waals surface area contributed by atoms with Crippen molar-refractivity contribution >= 4 is 11.6 Å². The Morgan fingerprint density at radius 2 is 2.07 bits per heavy atom. The van der Waals surface area contributed by atoms with Crippen molar-refractivity contribution < 1.29 is 4.74 Å². The van der Waals surface area contributed by atoms with Crippen molar-refractivity contribution in [2.45, 2.75) is 0 Å². The lowest BCUT2D eigenvalue weighted by atomic mass is 10.2. The summed E-state index contributed by atoms with van der Waals surface area (Å²) in [4.78, 5) is 4.00. The van der Waals surface area contributed by atoms with Crippen LogP contribution in [0.25, 0.3) is 11.3 Å². The van der Waals surface area contributed by atoms with Gasteiger partial charge < -0.3 is 4.74 Å². The molecule has 0 aliphatic carbocycles. The van der Waals surface area contributed by atoms with E-state index in [0.717, 1.165) is 11.3 Å². The van der Waals surface area contributed by atoms with Crippen LogP contribution in [-0.2, 0) is 0 Å². The predicted octanol–water partition coefficient (Wildman–Crippen LogP) is 2.20. The Kier molecular flexibility index (Phi) is 2.78. The molecule has 0 aromatic carbocycles. The maximum Gasteiger partial charge on any atom is 0.213 e. The first kappa shape index (κ1) is 9.86. The molecule has 0 bridgehead atoms. The van der Waals surface area contributed by atoms with Crippen LogP contribution < -0.4 is 4.74 Å². The molecule has 2 heterocycles. The first-order chi connectivity index (χ1) is 7.29. The number of hydrogen-bond donors (Lipinski definition) is 0. The fraction of sp³-hybridized carbons (Fsp3) is 0.100. The fourth-order valence-electron chi connectivity index (χ4n) is 1.15. The van der Waals surface area contributed by atoms with Crippen LogP contribution in [0.1, 0.15) is 0 Å². The number of nitrogens with zero attached hydrogens (tertiary/aromatic N) is 3. The standard InChI is InChI=1S/C10H8ClN3O/c1-15-10-6-7(4-5-12-10)8-2-3-9(11)14-13-8/h2-6H,1H3. The zero-order valence-corrected chi connectivity index (χ0v) is 8.77. The monoisotopic (exact) mass is 221 g/mol. The molecule has 0 amide bonds. The smallest absolute Gasteiger partial charge is 0.213 e. The van der Waals surface area contributed by atoms with Gasteiger partial charge in [0.15, 0.2) is 5.15 Å². The summed E-state index contributed by atoms with van der Waals surface area (Å²) in [5, 5.41) is 8.10. The van der Waals surface area contributed by atoms with Crippen LogP contribution in [0, 0.1) is 0 Å². The minimum Gasteiger partial charge on any atom is -0.481 e. The number of pyridine rings is 1. The molecule has 0 saturated heterocycles. The summed E-state index contributed by atoms with van der Waals surface area (Å²) >= 11 is 5.65. The summed E-state index contributed by atoms with van der Waals surface area (Å²) in [6.07, 6.45) is 1.66. The van der Waals surface area contributed by atoms with E-state index in [1.165, 1.54) is 0 Å². The summed E-state index contributed by atoms with van der Waals surface area (Å²) in [5.74, 6) is 0.546. The molecule has 0 fully saturated rings. The van der Waals surface area contributed by atoms with Crippen LogP contribution in [0.5, 0.6) is 5.88 Å². The van der Waals surface area contributed by atoms with E-state index in [2.05, 4.69) is 15.2 Å². The first-order valence-corrected chi connectivity index (χ1v) is 4.67. The molecule has 0 radical (unpaired) electrons. The Bertz CT molecular complexity index is 458. The number of ether oxygens (including phenoxy) is 1. The second-order valence-corrected chi connectivity index (χ2v) is 3.22. The topological polar surface area (TPSA) is 47.9 Å². The zero-order valence-electron chi connectivity index (χ0n) is 8.01. The van der Waals surface area contributed by atoms with Crippen LogP contribution in [-0.4, -0.2) is 22.3 Å². The van der Waals surface area contributed by atoms with Crippen LogP contribution in [0.3, 0.4) is 0 Å². The molecule has 0 aliphatic rings. The molecule has 0 spiro atoms. The van der Waals surface area contributed by atoms with Gasteiger partial charge in [0.1, 0.15) is 0 Å². The summed E-state index contributed by atoms with van der Waals surface area (Å²) in [6, 6.07) is 7.11. The summed E-state index contributed by atoms with van der Waals surface area (Å²) < 4.78 is 5.01. The van der Waals surface area contributed by atoms with Crippen molar-refractivity contribution in [1.82, 2.24) is 15.2 Å². The van der Waals surface area contributed by atoms with Crippen LogP contribution in [0.4, 0.5) is 0 Å². The molecule has 4 nitrogen and oxygen atoms in total. The number of rotatable bonds is 2. The number of halogens is 1. The van der Waals surface area contributed by atoms with Crippen LogP contribution >= 0.6 is 11.6 Å². The molecular weight excluding hydrogens is 214 g/mol. The van der Waals surface area contributed by atoms with E-state index >= 15 is 0 Å². The average molecular weight is 222 g/mol. The number of aromatic nitrogens is 3. The lowest BCUT2D eigenvalue weighted by molar-refractivity contribution is 0.398. The highest BCUT2D eigenvalue weighted by molar-refractivity contribution is 6.29. The number of hydrogen-bond acceptors (Lipinski definition) is 4. The molecule has 0 atom stereocenters. The second-order valence-electron chi connectivity index (χ2n) is 2.83. The van der Waals surface area contributed by atoms with Gasteiger partial charge in [0.25, 0.3) is 0 Å². The van der Waals surface area contributed by atoms with E-state index in [9.17, 15) is 0 Å². The van der Waals surface area contributed by atoms with E-state index in [4.69, 9.17) is 16.3 Å². The second kappa shape index (κ2) is 4.23. The van der Waals surface area contributed by atoms with E-state index in [-0.39, 0.29) is 0 Å². The molecule has 0 N–H and O–H groups in total. The lowest BCUT2D eigenvalue weighted by Crippen LogP contribution is -1.90. The molecular formula is C10H8ClN3O. The van der Waals surface area contributed by atoms with Crippen molar-refractivity contribution in [3.8, 4) is 17.1 Å². The van der Waals surface area contributed by atoms with Crippen molar-refractivity contribution in [2.24, 2.45) is 0 Å². The normalized spacial score (nSPS) is 10.0. The zero-order chi connectivity index (χ0) is 10.7. The maximum atomic E-state index is 5.65. The van der Waals surface area contributed by atoms with Crippen molar-refractivity contribution in [3.05, 3.63) is 35.6 Å². The third-order valence-corrected chi connectivity index (χ3v) is 2.07. The summed E-state index contributed by atoms with van der Waals surface area (Å²) in [5.41, 5.74) is 1.63. The van der Waals surface area contributed by atoms with Gasteiger partial charge in [-0.25, -0.2) is 4.98 Å². The molecule has 2 aromatic heterocycles. The molecule has 2 rings (SSSR count). The van der Waals surface area contributed by atoms with E-state index < -0.39 is 0 Å². The van der Waals surface area contributed by atoms with Gasteiger partial charge in [-0.1, -0.05) is 11.6 Å². The Morgan fingerprint density at radius 3 is 2.73 bits per heavy atom. The fourth-order valence-corrected chi connectivity index (χ4v) is 1.25. The highest BCUT2D eigenvalue weighted by atomic mass is 35.5. The van der Waals surface area contributed by atoms with Crippen LogP contribution in [0.2, 0.25) is 5.15 Å². The Balaban J connectivity index is 2.40. The largest absolute Gasteiger partial charge is 0.481 e. The maximum absolute atomic E-state index is 5.65. The highest BCUT2D eigenvalue weighted by Gasteiger charge is 2.02. The minimum absolute atomic E-state index is 0.375. The Hall–Kier alpha value is -1.68. The highest BCUT2D eigenvalue weighted by Crippen LogP contribution is 2.19. The molecule has 76 valence electrons. The quantitative estimate of drug-likeness (QED) is 0.780. The van der Waals surface area contributed by atoms with Gasteiger partial charge in [-0.15, -0.1) is 10.2 Å². The minimum atomic E-state index is 0.375. The lowest BCUT2D eigenvalue weighted by Gasteiger charge is -2.01. The van der Waals surface area contributed by atoms with Gasteiger partial charge in [-0.05, 0) is 18.2 Å². The van der Waals surface area contributed by atoms with Crippen molar-refractivity contribution in [3.63, 3.8) is 0 Å². The third-order valence-electron chi connectivity index (χ3n) is 1.87. The van der Waals surface area contributed by atoms with E-state index in [1.807, 2.05) is 6.07 Å². The summed E-state index contributed by atoms with van der Waals surface area (Å²) in [7, 11) is 1.57. The first-order valence-electron chi connectivity index (χ1n) is 4.29. The van der Waals surface area contributed by atoms with Gasteiger partial charge in [-0.3, -0.25) is 0 Å². The van der Waals surface area contributed by atoms with E-state index in [1.54, 1.807) is 31.5 Å². The van der Waals surface area contributed by atoms with Gasteiger partial charge in [-0.2, -0.15) is 0 Å². The van der Waals surface area contributed by atoms with Gasteiger partial charge in [0, 0.05) is 17.8 Å². The third kappa shape index (κ3) is 2.22. The van der Waals surface area contributed by atoms with Gasteiger partial charge in [0.05, 0.1) is 12.8 Å². The Morgan fingerprint density at radius 1 is 1.20 bits per heavy atom. The summed E-state index contributed by atoms with van der Waals surface area (Å²) in [6.45, 7) is 0. The molecule has 0 unspecified atom stereocenters. The van der Waals surface area contributed by atoms with E-state index in [0.29, 0.717) is 11.0 Å². The molecule has 5 heteroatoms.